The average Bonchev–Trinajstić information content (AvgIpc) is 3.57. The largest absolute Gasteiger partial charge is 0.454 e. The molecule has 8 rings (SSSR count). The van der Waals surface area contributed by atoms with Gasteiger partial charge in [-0.05, 0) is 77.0 Å². The summed E-state index contributed by atoms with van der Waals surface area (Å²) in [7, 11) is 0. The van der Waals surface area contributed by atoms with E-state index in [2.05, 4.69) is 70.6 Å². The predicted molar refractivity (Wildman–Crippen MR) is 186 cm³/mol. The van der Waals surface area contributed by atoms with E-state index in [4.69, 9.17) is 9.40 Å². The molecule has 0 fully saturated rings. The molecule has 0 spiro atoms. The van der Waals surface area contributed by atoms with Crippen molar-refractivity contribution in [3.63, 3.8) is 0 Å². The molecule has 0 aliphatic carbocycles. The minimum atomic E-state index is 0. The van der Waals surface area contributed by atoms with E-state index in [9.17, 15) is 0 Å². The standard InChI is InChI=1S/C30H19N2O.C12H10N.Ir/c1-2-8-21(9-3-1)26-12-7-17-32-30(26)24-11-6-10-22(18-24)23-14-15-28-25(19-23)20-29(33-28)27-13-4-5-16-31-27;1-10-7-8-12(13-9-10)11-5-3-2-4-6-11;/h1-10,12-20H;2-5,7-9H,1H3;/q2*-1;. The Morgan fingerprint density at radius 1 is 0.553 bits per heavy atom. The van der Waals surface area contributed by atoms with Crippen molar-refractivity contribution in [2.24, 2.45) is 0 Å². The fourth-order valence-corrected chi connectivity index (χ4v) is 5.29. The second kappa shape index (κ2) is 14.7. The number of benzene rings is 4. The Balaban J connectivity index is 0.000000232. The molecule has 47 heavy (non-hydrogen) atoms. The van der Waals surface area contributed by atoms with Crippen LogP contribution >= 0.6 is 0 Å². The van der Waals surface area contributed by atoms with Crippen molar-refractivity contribution in [1.29, 1.82) is 0 Å². The number of aromatic nitrogens is 3. The normalized spacial score (nSPS) is 10.5. The summed E-state index contributed by atoms with van der Waals surface area (Å²) in [5.41, 5.74) is 11.2. The zero-order chi connectivity index (χ0) is 31.1. The predicted octanol–water partition coefficient (Wildman–Crippen LogP) is 10.5. The molecular weight excluding hydrogens is 755 g/mol. The van der Waals surface area contributed by atoms with Crippen LogP contribution in [-0.2, 0) is 20.1 Å². The van der Waals surface area contributed by atoms with Gasteiger partial charge in [0.2, 0.25) is 0 Å². The Labute approximate surface area is 288 Å². The molecule has 5 heteroatoms. The van der Waals surface area contributed by atoms with Gasteiger partial charge in [0.1, 0.15) is 11.3 Å². The molecule has 8 aromatic rings. The first-order chi connectivity index (χ1) is 22.7. The fraction of sp³-hybridized carbons (Fsp3) is 0.0238. The van der Waals surface area contributed by atoms with Gasteiger partial charge in [-0.3, -0.25) is 4.98 Å². The number of aryl methyl sites for hydroxylation is 1. The quantitative estimate of drug-likeness (QED) is 0.163. The number of hydrogen-bond donors (Lipinski definition) is 0. The summed E-state index contributed by atoms with van der Waals surface area (Å²) in [6.45, 7) is 2.03. The van der Waals surface area contributed by atoms with Gasteiger partial charge in [0, 0.05) is 44.1 Å². The van der Waals surface area contributed by atoms with Crippen LogP contribution in [0.25, 0.3) is 67.2 Å². The van der Waals surface area contributed by atoms with Gasteiger partial charge >= 0.3 is 0 Å². The van der Waals surface area contributed by atoms with E-state index in [0.29, 0.717) is 0 Å². The molecule has 0 atom stereocenters. The Morgan fingerprint density at radius 2 is 1.36 bits per heavy atom. The number of pyridine rings is 3. The summed E-state index contributed by atoms with van der Waals surface area (Å²) in [6.07, 6.45) is 5.48. The molecule has 0 unspecified atom stereocenters. The second-order valence-corrected chi connectivity index (χ2v) is 10.8. The summed E-state index contributed by atoms with van der Waals surface area (Å²) in [5, 5.41) is 1.05. The van der Waals surface area contributed by atoms with Crippen molar-refractivity contribution in [2.45, 2.75) is 6.92 Å². The summed E-state index contributed by atoms with van der Waals surface area (Å²) in [5.74, 6) is 0.769. The van der Waals surface area contributed by atoms with Crippen LogP contribution in [0.4, 0.5) is 0 Å². The van der Waals surface area contributed by atoms with Crippen molar-refractivity contribution < 1.29 is 24.5 Å². The Bertz CT molecular complexity index is 2200. The molecule has 0 bridgehead atoms. The number of fused-ring (bicyclic) bond motifs is 1. The molecule has 4 aromatic heterocycles. The first-order valence-electron chi connectivity index (χ1n) is 15.1. The molecule has 0 saturated carbocycles. The van der Waals surface area contributed by atoms with Crippen molar-refractivity contribution in [3.05, 3.63) is 176 Å². The molecule has 0 aliphatic rings. The van der Waals surface area contributed by atoms with Crippen molar-refractivity contribution in [3.8, 4) is 56.2 Å². The Morgan fingerprint density at radius 3 is 2.15 bits per heavy atom. The Hall–Kier alpha value is -5.48. The maximum atomic E-state index is 6.02. The van der Waals surface area contributed by atoms with Crippen LogP contribution in [0.2, 0.25) is 0 Å². The second-order valence-electron chi connectivity index (χ2n) is 10.8. The number of nitrogens with zero attached hydrogens (tertiary/aromatic N) is 3. The fourth-order valence-electron chi connectivity index (χ4n) is 5.29. The monoisotopic (exact) mass is 784 g/mol. The van der Waals surface area contributed by atoms with Gasteiger partial charge in [-0.2, -0.15) is 0 Å². The van der Waals surface area contributed by atoms with Crippen molar-refractivity contribution in [2.75, 3.05) is 0 Å². The number of furan rings is 1. The SMILES string of the molecule is Cc1ccc(-c2[c-]cccc2)nc1.[Ir].[c-]1ccc(-c2ccc3oc(-c4ccccn4)cc3c2)cc1-c1ncccc1-c1ccccc1. The minimum absolute atomic E-state index is 0. The summed E-state index contributed by atoms with van der Waals surface area (Å²) in [4.78, 5) is 13.4. The van der Waals surface area contributed by atoms with Gasteiger partial charge in [-0.15, -0.1) is 71.3 Å². The van der Waals surface area contributed by atoms with E-state index in [-0.39, 0.29) is 20.1 Å². The maximum absolute atomic E-state index is 6.02. The van der Waals surface area contributed by atoms with Crippen LogP contribution in [0.3, 0.4) is 0 Å². The molecule has 4 aromatic carbocycles. The van der Waals surface area contributed by atoms with Crippen LogP contribution in [-0.4, -0.2) is 15.0 Å². The molecular formula is C42H29IrN3O-2. The van der Waals surface area contributed by atoms with Crippen LogP contribution in [0, 0.1) is 19.1 Å². The minimum Gasteiger partial charge on any atom is -0.454 e. The van der Waals surface area contributed by atoms with Crippen molar-refractivity contribution >= 4 is 11.0 Å². The molecule has 4 nitrogen and oxygen atoms in total. The zero-order valence-corrected chi connectivity index (χ0v) is 28.0. The van der Waals surface area contributed by atoms with Gasteiger partial charge < -0.3 is 14.4 Å². The van der Waals surface area contributed by atoms with E-state index in [0.717, 1.165) is 67.2 Å². The zero-order valence-electron chi connectivity index (χ0n) is 25.6. The average molecular weight is 784 g/mol. The molecule has 0 aliphatic heterocycles. The van der Waals surface area contributed by atoms with Gasteiger partial charge in [-0.1, -0.05) is 60.7 Å². The summed E-state index contributed by atoms with van der Waals surface area (Å²) >= 11 is 0. The smallest absolute Gasteiger partial charge is 0.153 e. The third-order valence-electron chi connectivity index (χ3n) is 7.61. The van der Waals surface area contributed by atoms with Gasteiger partial charge in [0.05, 0.1) is 0 Å². The van der Waals surface area contributed by atoms with Gasteiger partial charge in [0.15, 0.2) is 5.76 Å². The first kappa shape index (κ1) is 31.5. The van der Waals surface area contributed by atoms with E-state index < -0.39 is 0 Å². The van der Waals surface area contributed by atoms with E-state index >= 15 is 0 Å². The van der Waals surface area contributed by atoms with E-state index in [1.165, 1.54) is 5.56 Å². The van der Waals surface area contributed by atoms with E-state index in [1.54, 1.807) is 6.20 Å². The molecule has 229 valence electrons. The van der Waals surface area contributed by atoms with Gasteiger partial charge in [-0.25, -0.2) is 0 Å². The third kappa shape index (κ3) is 7.34. The van der Waals surface area contributed by atoms with Crippen LogP contribution < -0.4 is 0 Å². The Kier molecular flexibility index (Phi) is 9.88. The topological polar surface area (TPSA) is 51.8 Å². The molecule has 0 saturated heterocycles. The third-order valence-corrected chi connectivity index (χ3v) is 7.61. The number of rotatable bonds is 5. The van der Waals surface area contributed by atoms with Crippen molar-refractivity contribution in [1.82, 2.24) is 15.0 Å². The van der Waals surface area contributed by atoms with Crippen LogP contribution in [0.15, 0.2) is 163 Å². The molecule has 0 amide bonds. The summed E-state index contributed by atoms with van der Waals surface area (Å²) < 4.78 is 6.02. The number of hydrogen-bond acceptors (Lipinski definition) is 4. The molecule has 4 heterocycles. The van der Waals surface area contributed by atoms with Crippen LogP contribution in [0.5, 0.6) is 0 Å². The first-order valence-corrected chi connectivity index (χ1v) is 15.1. The summed E-state index contributed by atoms with van der Waals surface area (Å²) in [6, 6.07) is 53.2. The molecule has 0 N–H and O–H groups in total. The van der Waals surface area contributed by atoms with Crippen LogP contribution in [0.1, 0.15) is 5.56 Å². The van der Waals surface area contributed by atoms with Gasteiger partial charge in [0.25, 0.3) is 0 Å². The molecule has 1 radical (unpaired) electrons. The van der Waals surface area contributed by atoms with E-state index in [1.807, 2.05) is 110 Å². The maximum Gasteiger partial charge on any atom is 0.153 e.